The van der Waals surface area contributed by atoms with E-state index in [4.69, 9.17) is 0 Å². The van der Waals surface area contributed by atoms with Crippen molar-refractivity contribution in [3.8, 4) is 0 Å². The molecule has 0 aromatic rings. The summed E-state index contributed by atoms with van der Waals surface area (Å²) in [5, 5.41) is 0. The lowest BCUT2D eigenvalue weighted by Crippen LogP contribution is -2.07. The highest BCUT2D eigenvalue weighted by molar-refractivity contribution is 6.05. The zero-order chi connectivity index (χ0) is 10.4. The van der Waals surface area contributed by atoms with Gasteiger partial charge in [-0.1, -0.05) is 13.8 Å². The van der Waals surface area contributed by atoms with Crippen LogP contribution in [0.2, 0.25) is 0 Å². The van der Waals surface area contributed by atoms with E-state index in [9.17, 15) is 9.59 Å². The second-order valence-electron chi connectivity index (χ2n) is 3.20. The van der Waals surface area contributed by atoms with Crippen molar-refractivity contribution in [3.63, 3.8) is 0 Å². The quantitative estimate of drug-likeness (QED) is 0.612. The zero-order valence-corrected chi connectivity index (χ0v) is 8.94. The van der Waals surface area contributed by atoms with Crippen LogP contribution in [0.5, 0.6) is 0 Å². The van der Waals surface area contributed by atoms with E-state index in [1.807, 2.05) is 13.8 Å². The molecule has 0 bridgehead atoms. The maximum absolute atomic E-state index is 11.4. The van der Waals surface area contributed by atoms with E-state index < -0.39 is 0 Å². The Morgan fingerprint density at radius 2 is 1.38 bits per heavy atom. The van der Waals surface area contributed by atoms with Gasteiger partial charge in [0.15, 0.2) is 11.6 Å². The highest BCUT2D eigenvalue weighted by atomic mass is 16.1. The predicted molar refractivity (Wildman–Crippen MR) is 53.6 cm³/mol. The van der Waals surface area contributed by atoms with Gasteiger partial charge in [0.05, 0.1) is 0 Å². The van der Waals surface area contributed by atoms with Gasteiger partial charge in [-0.3, -0.25) is 9.59 Å². The maximum Gasteiger partial charge on any atom is 0.158 e. The first kappa shape index (κ1) is 12.1. The monoisotopic (exact) mass is 182 g/mol. The van der Waals surface area contributed by atoms with Crippen molar-refractivity contribution in [1.82, 2.24) is 0 Å². The summed E-state index contributed by atoms with van der Waals surface area (Å²) in [6.45, 7) is 7.24. The average Bonchev–Trinajstić information content (AvgIpc) is 2.14. The molecule has 0 aliphatic carbocycles. The molecule has 0 atom stereocenters. The molecular weight excluding hydrogens is 164 g/mol. The number of carbonyl (C=O) groups excluding carboxylic acids is 2. The Labute approximate surface area is 80.0 Å². The van der Waals surface area contributed by atoms with Crippen molar-refractivity contribution in [2.75, 3.05) is 0 Å². The molecule has 0 N–H and O–H groups in total. The molecule has 0 radical (unpaired) electrons. The summed E-state index contributed by atoms with van der Waals surface area (Å²) in [4.78, 5) is 22.6. The number of rotatable bonds is 5. The summed E-state index contributed by atoms with van der Waals surface area (Å²) in [6, 6.07) is 0. The topological polar surface area (TPSA) is 34.1 Å². The Bertz CT molecular complexity index is 236. The van der Waals surface area contributed by atoms with E-state index in [0.717, 1.165) is 6.42 Å². The average molecular weight is 182 g/mol. The molecule has 13 heavy (non-hydrogen) atoms. The minimum Gasteiger partial charge on any atom is -0.295 e. The summed E-state index contributed by atoms with van der Waals surface area (Å²) in [6.07, 6.45) is 1.85. The van der Waals surface area contributed by atoms with Gasteiger partial charge in [-0.2, -0.15) is 0 Å². The van der Waals surface area contributed by atoms with Gasteiger partial charge in [0.2, 0.25) is 0 Å². The van der Waals surface area contributed by atoms with E-state index in [-0.39, 0.29) is 11.6 Å². The highest BCUT2D eigenvalue weighted by Gasteiger charge is 2.10. The first-order valence-electron chi connectivity index (χ1n) is 4.78. The van der Waals surface area contributed by atoms with Crippen LogP contribution >= 0.6 is 0 Å². The standard InChI is InChI=1S/C11H18O2/c1-5-7-11(13)9(4)8(3)10(12)6-2/h5-7H2,1-4H3/b9-8-. The molecule has 0 aromatic carbocycles. The molecule has 0 fully saturated rings. The van der Waals surface area contributed by atoms with Crippen molar-refractivity contribution in [2.24, 2.45) is 0 Å². The van der Waals surface area contributed by atoms with Crippen LogP contribution in [0.25, 0.3) is 0 Å². The zero-order valence-electron chi connectivity index (χ0n) is 8.94. The number of hydrogen-bond donors (Lipinski definition) is 0. The molecule has 0 rings (SSSR count). The smallest absolute Gasteiger partial charge is 0.158 e. The second-order valence-corrected chi connectivity index (χ2v) is 3.20. The van der Waals surface area contributed by atoms with Gasteiger partial charge in [0.1, 0.15) is 0 Å². The number of Topliss-reactive ketones (excluding diaryl/α,β-unsaturated/α-hetero) is 2. The van der Waals surface area contributed by atoms with Gasteiger partial charge < -0.3 is 0 Å². The Balaban J connectivity index is 4.60. The van der Waals surface area contributed by atoms with E-state index >= 15 is 0 Å². The lowest BCUT2D eigenvalue weighted by atomic mass is 10.00. The summed E-state index contributed by atoms with van der Waals surface area (Å²) in [7, 11) is 0. The van der Waals surface area contributed by atoms with Crippen LogP contribution in [-0.2, 0) is 9.59 Å². The van der Waals surface area contributed by atoms with Gasteiger partial charge in [-0.25, -0.2) is 0 Å². The number of carbonyl (C=O) groups is 2. The molecule has 0 aliphatic rings. The normalized spacial score (nSPS) is 12.3. The number of allylic oxidation sites excluding steroid dienone is 2. The summed E-state index contributed by atoms with van der Waals surface area (Å²) in [5.74, 6) is 0.170. The molecule has 0 aliphatic heterocycles. The van der Waals surface area contributed by atoms with Crippen molar-refractivity contribution < 1.29 is 9.59 Å². The fourth-order valence-corrected chi connectivity index (χ4v) is 1.10. The summed E-state index contributed by atoms with van der Waals surface area (Å²) in [5.41, 5.74) is 1.26. The summed E-state index contributed by atoms with van der Waals surface area (Å²) >= 11 is 0. The molecular formula is C11H18O2. The second kappa shape index (κ2) is 5.68. The van der Waals surface area contributed by atoms with Crippen molar-refractivity contribution >= 4 is 11.6 Å². The lowest BCUT2D eigenvalue weighted by Gasteiger charge is -2.03. The Morgan fingerprint density at radius 3 is 1.77 bits per heavy atom. The Kier molecular flexibility index (Phi) is 5.28. The van der Waals surface area contributed by atoms with Crippen molar-refractivity contribution in [2.45, 2.75) is 47.0 Å². The largest absolute Gasteiger partial charge is 0.295 e. The molecule has 0 aromatic heterocycles. The van der Waals surface area contributed by atoms with Gasteiger partial charge >= 0.3 is 0 Å². The molecule has 74 valence electrons. The van der Waals surface area contributed by atoms with E-state index in [2.05, 4.69) is 0 Å². The molecule has 0 heterocycles. The van der Waals surface area contributed by atoms with Crippen LogP contribution in [0.1, 0.15) is 47.0 Å². The molecule has 0 spiro atoms. The summed E-state index contributed by atoms with van der Waals surface area (Å²) < 4.78 is 0. The lowest BCUT2D eigenvalue weighted by molar-refractivity contribution is -0.118. The van der Waals surface area contributed by atoms with Crippen molar-refractivity contribution in [3.05, 3.63) is 11.1 Å². The SMILES string of the molecule is CCCC(=O)/C(C)=C(/C)C(=O)CC. The molecule has 0 amide bonds. The molecule has 2 heteroatoms. The Hall–Kier alpha value is -0.920. The predicted octanol–water partition coefficient (Wildman–Crippen LogP) is 2.67. The first-order valence-corrected chi connectivity index (χ1v) is 4.78. The minimum absolute atomic E-state index is 0.0713. The highest BCUT2D eigenvalue weighted by Crippen LogP contribution is 2.10. The van der Waals surface area contributed by atoms with Crippen LogP contribution in [0, 0.1) is 0 Å². The van der Waals surface area contributed by atoms with Gasteiger partial charge in [0.25, 0.3) is 0 Å². The van der Waals surface area contributed by atoms with Gasteiger partial charge in [-0.15, -0.1) is 0 Å². The maximum atomic E-state index is 11.4. The minimum atomic E-state index is 0.0713. The van der Waals surface area contributed by atoms with Crippen LogP contribution in [0.4, 0.5) is 0 Å². The Morgan fingerprint density at radius 1 is 0.923 bits per heavy atom. The third-order valence-corrected chi connectivity index (χ3v) is 2.20. The van der Waals surface area contributed by atoms with E-state index in [0.29, 0.717) is 24.0 Å². The first-order chi connectivity index (χ1) is 6.04. The molecule has 0 saturated heterocycles. The molecule has 0 saturated carbocycles. The number of ketones is 2. The van der Waals surface area contributed by atoms with Crippen LogP contribution in [0.15, 0.2) is 11.1 Å². The fraction of sp³-hybridized carbons (Fsp3) is 0.636. The van der Waals surface area contributed by atoms with E-state index in [1.165, 1.54) is 0 Å². The van der Waals surface area contributed by atoms with Gasteiger partial charge in [0, 0.05) is 12.8 Å². The van der Waals surface area contributed by atoms with Crippen LogP contribution in [0.3, 0.4) is 0 Å². The molecule has 2 nitrogen and oxygen atoms in total. The third-order valence-electron chi connectivity index (χ3n) is 2.20. The van der Waals surface area contributed by atoms with Crippen LogP contribution < -0.4 is 0 Å². The molecule has 0 unspecified atom stereocenters. The third kappa shape index (κ3) is 3.53. The van der Waals surface area contributed by atoms with Crippen LogP contribution in [-0.4, -0.2) is 11.6 Å². The van der Waals surface area contributed by atoms with E-state index in [1.54, 1.807) is 13.8 Å². The van der Waals surface area contributed by atoms with Gasteiger partial charge in [-0.05, 0) is 31.4 Å². The van der Waals surface area contributed by atoms with Crippen molar-refractivity contribution in [1.29, 1.82) is 0 Å². The fourth-order valence-electron chi connectivity index (χ4n) is 1.10. The number of hydrogen-bond acceptors (Lipinski definition) is 2.